The van der Waals surface area contributed by atoms with Gasteiger partial charge in [-0.05, 0) is 40.5 Å². The molecule has 2 N–H and O–H groups in total. The van der Waals surface area contributed by atoms with Gasteiger partial charge in [-0.1, -0.05) is 38.1 Å². The first-order chi connectivity index (χ1) is 15.7. The Morgan fingerprint density at radius 1 is 1.09 bits per heavy atom. The number of aliphatic carboxylic acids is 1. The highest BCUT2D eigenvalue weighted by Crippen LogP contribution is 2.30. The van der Waals surface area contributed by atoms with Crippen LogP contribution in [0.2, 0.25) is 0 Å². The lowest BCUT2D eigenvalue weighted by atomic mass is 9.87. The molecule has 0 spiro atoms. The first-order valence-electron chi connectivity index (χ1n) is 10.6. The molecule has 0 saturated carbocycles. The van der Waals surface area contributed by atoms with Gasteiger partial charge in [-0.2, -0.15) is 0 Å². The van der Waals surface area contributed by atoms with E-state index >= 15 is 0 Å². The predicted octanol–water partition coefficient (Wildman–Crippen LogP) is 3.30. The number of esters is 1. The van der Waals surface area contributed by atoms with E-state index in [-0.39, 0.29) is 6.61 Å². The molecule has 170 valence electrons. The van der Waals surface area contributed by atoms with E-state index in [2.05, 4.69) is 10.3 Å². The van der Waals surface area contributed by atoms with E-state index in [0.717, 1.165) is 22.3 Å². The van der Waals surface area contributed by atoms with Crippen LogP contribution in [0, 0.1) is 5.41 Å². The van der Waals surface area contributed by atoms with Crippen LogP contribution in [0.3, 0.4) is 0 Å². The van der Waals surface area contributed by atoms with Crippen molar-refractivity contribution < 1.29 is 24.2 Å². The molecule has 3 heterocycles. The number of carboxylic acids is 1. The molecule has 1 saturated heterocycles. The zero-order valence-electron chi connectivity index (χ0n) is 18.4. The first-order valence-corrected chi connectivity index (χ1v) is 10.6. The molecular weight excluding hydrogens is 422 g/mol. The molecule has 33 heavy (non-hydrogen) atoms. The highest BCUT2D eigenvalue weighted by molar-refractivity contribution is 5.90. The van der Waals surface area contributed by atoms with Crippen LogP contribution in [0.25, 0.3) is 22.3 Å². The lowest BCUT2D eigenvalue weighted by molar-refractivity contribution is -0.143. The number of hydrogen-bond donors (Lipinski definition) is 2. The largest absolute Gasteiger partial charge is 0.481 e. The zero-order chi connectivity index (χ0) is 23.6. The van der Waals surface area contributed by atoms with Gasteiger partial charge < -0.3 is 19.7 Å². The van der Waals surface area contributed by atoms with Crippen LogP contribution in [0.4, 0.5) is 0 Å². The van der Waals surface area contributed by atoms with Crippen LogP contribution in [0.5, 0.6) is 0 Å². The van der Waals surface area contributed by atoms with Gasteiger partial charge in [0.25, 0.3) is 0 Å². The van der Waals surface area contributed by atoms with Crippen LogP contribution < -0.4 is 5.32 Å². The molecular formula is C25H25N3O5. The predicted molar refractivity (Wildman–Crippen MR) is 121 cm³/mol. The third-order valence-electron chi connectivity index (χ3n) is 5.87. The zero-order valence-corrected chi connectivity index (χ0v) is 18.4. The summed E-state index contributed by atoms with van der Waals surface area (Å²) < 4.78 is 6.64. The topological polar surface area (TPSA) is 111 Å². The van der Waals surface area contributed by atoms with Crippen molar-refractivity contribution in [2.24, 2.45) is 5.41 Å². The van der Waals surface area contributed by atoms with Crippen molar-refractivity contribution in [3.05, 3.63) is 67.3 Å². The molecule has 0 bridgehead atoms. The van der Waals surface area contributed by atoms with E-state index in [1.807, 2.05) is 56.3 Å². The van der Waals surface area contributed by atoms with Crippen LogP contribution in [-0.4, -0.2) is 45.2 Å². The molecule has 1 aromatic carbocycles. The van der Waals surface area contributed by atoms with Gasteiger partial charge >= 0.3 is 11.9 Å². The van der Waals surface area contributed by atoms with Crippen LogP contribution >= 0.6 is 0 Å². The second-order valence-corrected chi connectivity index (χ2v) is 8.81. The summed E-state index contributed by atoms with van der Waals surface area (Å²) in [6.45, 7) is 3.83. The number of rotatable bonds is 7. The number of aromatic nitrogens is 2. The van der Waals surface area contributed by atoms with Crippen LogP contribution in [0.15, 0.2) is 67.3 Å². The summed E-state index contributed by atoms with van der Waals surface area (Å²) in [5, 5.41) is 12.1. The normalized spacial score (nSPS) is 17.9. The summed E-state index contributed by atoms with van der Waals surface area (Å²) in [6, 6.07) is 11.8. The van der Waals surface area contributed by atoms with Crippen molar-refractivity contribution in [2.75, 3.05) is 6.61 Å². The third-order valence-corrected chi connectivity index (χ3v) is 5.87. The Bertz CT molecular complexity index is 1170. The summed E-state index contributed by atoms with van der Waals surface area (Å²) >= 11 is 0. The van der Waals surface area contributed by atoms with Crippen molar-refractivity contribution in [3.8, 4) is 22.3 Å². The Morgan fingerprint density at radius 2 is 1.70 bits per heavy atom. The Kier molecular flexibility index (Phi) is 6.00. The number of carbonyl (C=O) groups is 3. The Hall–Kier alpha value is -3.94. The molecule has 2 aromatic heterocycles. The summed E-state index contributed by atoms with van der Waals surface area (Å²) in [5.41, 5.74) is 3.32. The van der Waals surface area contributed by atoms with Crippen molar-refractivity contribution in [2.45, 2.75) is 32.4 Å². The minimum Gasteiger partial charge on any atom is -0.481 e. The monoisotopic (exact) mass is 447 g/mol. The first kappa shape index (κ1) is 22.3. The van der Waals surface area contributed by atoms with Gasteiger partial charge in [0.2, 0.25) is 5.91 Å². The summed E-state index contributed by atoms with van der Waals surface area (Å²) in [5.74, 6) is -2.16. The van der Waals surface area contributed by atoms with Crippen LogP contribution in [-0.2, 0) is 19.1 Å². The molecule has 0 aliphatic carbocycles. The molecule has 4 rings (SSSR count). The smallest absolute Gasteiger partial charge is 0.329 e. The van der Waals surface area contributed by atoms with Crippen LogP contribution in [0.1, 0.15) is 26.3 Å². The molecule has 0 radical (unpaired) electrons. The van der Waals surface area contributed by atoms with E-state index in [4.69, 9.17) is 4.74 Å². The molecule has 1 fully saturated rings. The third kappa shape index (κ3) is 4.79. The van der Waals surface area contributed by atoms with Crippen molar-refractivity contribution in [3.63, 3.8) is 0 Å². The number of carboxylic acid groups (broad SMARTS) is 1. The average molecular weight is 447 g/mol. The number of benzene rings is 1. The van der Waals surface area contributed by atoms with Gasteiger partial charge in [-0.25, -0.2) is 4.79 Å². The number of amides is 1. The summed E-state index contributed by atoms with van der Waals surface area (Å²) in [6.07, 6.45) is 6.49. The number of nitrogens with zero attached hydrogens (tertiary/aromatic N) is 2. The lowest BCUT2D eigenvalue weighted by Crippen LogP contribution is -2.48. The van der Waals surface area contributed by atoms with Crippen molar-refractivity contribution in [1.29, 1.82) is 0 Å². The summed E-state index contributed by atoms with van der Waals surface area (Å²) in [4.78, 5) is 40.6. The fraction of sp³-hybridized carbons (Fsp3) is 0.280. The van der Waals surface area contributed by atoms with E-state index < -0.39 is 41.8 Å². The molecule has 1 amide bonds. The minimum absolute atomic E-state index is 0.198. The highest BCUT2D eigenvalue weighted by Gasteiger charge is 2.45. The van der Waals surface area contributed by atoms with Gasteiger partial charge in [-0.15, -0.1) is 0 Å². The van der Waals surface area contributed by atoms with Crippen molar-refractivity contribution >= 4 is 17.8 Å². The molecule has 3 aromatic rings. The maximum absolute atomic E-state index is 13.0. The summed E-state index contributed by atoms with van der Waals surface area (Å²) in [7, 11) is 0. The fourth-order valence-corrected chi connectivity index (χ4v) is 3.91. The Balaban J connectivity index is 1.55. The minimum atomic E-state index is -1.11. The van der Waals surface area contributed by atoms with E-state index in [9.17, 15) is 19.5 Å². The van der Waals surface area contributed by atoms with E-state index in [1.54, 1.807) is 29.4 Å². The fourth-order valence-electron chi connectivity index (χ4n) is 3.91. The molecule has 8 nitrogen and oxygen atoms in total. The van der Waals surface area contributed by atoms with Crippen molar-refractivity contribution in [1.82, 2.24) is 14.9 Å². The molecule has 0 unspecified atom stereocenters. The number of hydrogen-bond acceptors (Lipinski definition) is 5. The second-order valence-electron chi connectivity index (χ2n) is 8.81. The van der Waals surface area contributed by atoms with Gasteiger partial charge in [0.15, 0.2) is 0 Å². The number of carbonyl (C=O) groups excluding carboxylic acids is 2. The number of nitrogens with one attached hydrogen (secondary N) is 1. The standard InChI is InChI=1S/C25H25N3O5/c1-25(2)15-33-24(32)22(25)27-23(31)20(13-21(29)30)28-12-9-19(14-28)17-5-3-16(4-6-17)18-7-10-26-11-8-18/h3-12,14,20,22H,13,15H2,1-2H3,(H,27,31)(H,29,30)/t20-,22-/m1/s1. The lowest BCUT2D eigenvalue weighted by Gasteiger charge is -2.25. The SMILES string of the molecule is CC1(C)COC(=O)[C@H]1NC(=O)[C@@H](CC(=O)O)n1ccc(-c2ccc(-c3ccncc3)cc2)c1. The number of cyclic esters (lactones) is 1. The molecule has 2 atom stereocenters. The van der Waals surface area contributed by atoms with Gasteiger partial charge in [0.1, 0.15) is 12.1 Å². The maximum atomic E-state index is 13.0. The van der Waals surface area contributed by atoms with E-state index in [1.165, 1.54) is 0 Å². The Labute approximate surface area is 191 Å². The molecule has 8 heteroatoms. The second kappa shape index (κ2) is 8.90. The average Bonchev–Trinajstić information content (AvgIpc) is 3.38. The van der Waals surface area contributed by atoms with Gasteiger partial charge in [0.05, 0.1) is 13.0 Å². The molecule has 1 aliphatic rings. The van der Waals surface area contributed by atoms with Gasteiger partial charge in [-0.3, -0.25) is 14.6 Å². The number of ether oxygens (including phenoxy) is 1. The highest BCUT2D eigenvalue weighted by atomic mass is 16.5. The number of pyridine rings is 1. The molecule has 1 aliphatic heterocycles. The van der Waals surface area contributed by atoms with Gasteiger partial charge in [0, 0.05) is 30.2 Å². The quantitative estimate of drug-likeness (QED) is 0.538. The van der Waals surface area contributed by atoms with E-state index in [0.29, 0.717) is 0 Å². The maximum Gasteiger partial charge on any atom is 0.329 e. The Morgan fingerprint density at radius 3 is 2.27 bits per heavy atom.